The van der Waals surface area contributed by atoms with Crippen molar-refractivity contribution in [2.75, 3.05) is 20.3 Å². The zero-order valence-electron chi connectivity index (χ0n) is 26.6. The number of aromatic nitrogens is 2. The predicted octanol–water partition coefficient (Wildman–Crippen LogP) is 5.24. The second kappa shape index (κ2) is 13.1. The minimum absolute atomic E-state index is 0.0224. The number of amides is 1. The lowest BCUT2D eigenvalue weighted by Crippen LogP contribution is -2.46. The molecular formula is C33H43F2N3O7. The van der Waals surface area contributed by atoms with Crippen LogP contribution in [0.1, 0.15) is 78.3 Å². The number of hydrogen-bond acceptors (Lipinski definition) is 9. The molecule has 1 aromatic heterocycles. The Morgan fingerprint density at radius 1 is 1.07 bits per heavy atom. The van der Waals surface area contributed by atoms with E-state index in [0.29, 0.717) is 36.8 Å². The number of hydrogen-bond donors (Lipinski definition) is 0. The maximum Gasteiger partial charge on any atom is 0.306 e. The molecule has 2 bridgehead atoms. The molecule has 2 fully saturated rings. The largest absolute Gasteiger partial charge is 0.497 e. The molecule has 3 aliphatic rings. The Labute approximate surface area is 262 Å². The second-order valence-corrected chi connectivity index (χ2v) is 13.4. The third kappa shape index (κ3) is 6.90. The summed E-state index contributed by atoms with van der Waals surface area (Å²) in [6, 6.07) is 3.90. The highest BCUT2D eigenvalue weighted by Crippen LogP contribution is 2.41. The first kappa shape index (κ1) is 33.0. The summed E-state index contributed by atoms with van der Waals surface area (Å²) < 4.78 is 55.3. The summed E-state index contributed by atoms with van der Waals surface area (Å²) in [7, 11) is 1.49. The molecule has 0 spiro atoms. The average Bonchev–Trinajstić information content (AvgIpc) is 3.59. The average molecular weight is 632 g/mol. The Kier molecular flexibility index (Phi) is 9.62. The quantitative estimate of drug-likeness (QED) is 0.331. The van der Waals surface area contributed by atoms with Crippen molar-refractivity contribution >= 4 is 29.2 Å². The van der Waals surface area contributed by atoms with Crippen molar-refractivity contribution in [2.24, 2.45) is 17.3 Å². The molecule has 0 radical (unpaired) electrons. The Morgan fingerprint density at radius 2 is 1.82 bits per heavy atom. The van der Waals surface area contributed by atoms with Crippen LogP contribution >= 0.6 is 0 Å². The van der Waals surface area contributed by atoms with Crippen LogP contribution in [-0.4, -0.2) is 77.6 Å². The van der Waals surface area contributed by atoms with E-state index in [1.54, 1.807) is 18.2 Å². The van der Waals surface area contributed by atoms with Crippen LogP contribution in [0.3, 0.4) is 0 Å². The predicted molar refractivity (Wildman–Crippen MR) is 160 cm³/mol. The fourth-order valence-corrected chi connectivity index (χ4v) is 6.76. The molecule has 246 valence electrons. The highest BCUT2D eigenvalue weighted by Gasteiger charge is 2.49. The van der Waals surface area contributed by atoms with Gasteiger partial charge in [0.05, 0.1) is 49.2 Å². The molecule has 0 N–H and O–H groups in total. The van der Waals surface area contributed by atoms with Crippen LogP contribution in [0.15, 0.2) is 18.2 Å². The summed E-state index contributed by atoms with van der Waals surface area (Å²) in [6.45, 7) is 7.44. The topological polar surface area (TPSA) is 117 Å². The van der Waals surface area contributed by atoms with Gasteiger partial charge in [-0.25, -0.2) is 9.97 Å². The third-order valence-electron chi connectivity index (χ3n) is 9.35. The lowest BCUT2D eigenvalue weighted by Gasteiger charge is -2.34. The van der Waals surface area contributed by atoms with Crippen LogP contribution in [-0.2, 0) is 29.8 Å². The van der Waals surface area contributed by atoms with Gasteiger partial charge in [0, 0.05) is 25.0 Å². The number of rotatable bonds is 3. The molecule has 1 saturated carbocycles. The number of esters is 1. The molecule has 6 atom stereocenters. The molecule has 10 nitrogen and oxygen atoms in total. The lowest BCUT2D eigenvalue weighted by molar-refractivity contribution is -0.161. The van der Waals surface area contributed by atoms with E-state index in [0.717, 1.165) is 6.42 Å². The number of nitrogens with zero attached hydrogens (tertiary/aromatic N) is 3. The van der Waals surface area contributed by atoms with E-state index in [1.807, 2.05) is 27.7 Å². The van der Waals surface area contributed by atoms with Crippen molar-refractivity contribution in [3.63, 3.8) is 0 Å². The van der Waals surface area contributed by atoms with Gasteiger partial charge in [0.25, 0.3) is 5.92 Å². The van der Waals surface area contributed by atoms with Gasteiger partial charge < -0.3 is 28.6 Å². The number of halogens is 2. The van der Waals surface area contributed by atoms with Crippen LogP contribution < -0.4 is 9.47 Å². The van der Waals surface area contributed by atoms with Crippen LogP contribution in [0.25, 0.3) is 11.0 Å². The van der Waals surface area contributed by atoms with Crippen molar-refractivity contribution < 1.29 is 42.1 Å². The summed E-state index contributed by atoms with van der Waals surface area (Å²) in [5, 5.41) is 0. The molecule has 1 aromatic carbocycles. The number of carbonyl (C=O) groups is 3. The van der Waals surface area contributed by atoms with Crippen molar-refractivity contribution in [1.82, 2.24) is 14.9 Å². The summed E-state index contributed by atoms with van der Waals surface area (Å²) in [4.78, 5) is 50.1. The summed E-state index contributed by atoms with van der Waals surface area (Å²) in [5.41, 5.74) is -0.696. The minimum Gasteiger partial charge on any atom is -0.497 e. The van der Waals surface area contributed by atoms with Gasteiger partial charge in [0.15, 0.2) is 5.69 Å². The van der Waals surface area contributed by atoms with Crippen LogP contribution in [0, 0.1) is 17.3 Å². The summed E-state index contributed by atoms with van der Waals surface area (Å²) >= 11 is 0. The molecule has 1 saturated heterocycles. The van der Waals surface area contributed by atoms with Gasteiger partial charge in [0.1, 0.15) is 24.2 Å². The van der Waals surface area contributed by atoms with Gasteiger partial charge in [-0.1, -0.05) is 27.7 Å². The fourth-order valence-electron chi connectivity index (χ4n) is 6.76. The maximum absolute atomic E-state index is 16.0. The SMILES string of the molecule is CC[C@@H]1[C@@H]2CN(C(=O)[C@H](C(C)(C)C)CC(=O)O[C@@H]3CCC[C@H]3OCCCC(F)(F)c3nc4ccc(OC)cc4nc3O2)[C@@H]1C=O. The molecule has 45 heavy (non-hydrogen) atoms. The van der Waals surface area contributed by atoms with Crippen LogP contribution in [0.5, 0.6) is 11.6 Å². The third-order valence-corrected chi connectivity index (χ3v) is 9.35. The number of alkyl halides is 2. The molecule has 0 unspecified atom stereocenters. The Bertz CT molecular complexity index is 1410. The van der Waals surface area contributed by atoms with Gasteiger partial charge >= 0.3 is 5.97 Å². The number of fused-ring (bicyclic) bond motifs is 5. The molecule has 1 amide bonds. The van der Waals surface area contributed by atoms with Crippen molar-refractivity contribution in [3.05, 3.63) is 23.9 Å². The first-order valence-corrected chi connectivity index (χ1v) is 15.8. The first-order chi connectivity index (χ1) is 21.4. The molecular weight excluding hydrogens is 588 g/mol. The Morgan fingerprint density at radius 3 is 2.51 bits per heavy atom. The molecule has 12 heteroatoms. The van der Waals surface area contributed by atoms with E-state index in [2.05, 4.69) is 9.97 Å². The van der Waals surface area contributed by atoms with Gasteiger partial charge in [-0.15, -0.1) is 0 Å². The number of benzene rings is 1. The maximum atomic E-state index is 16.0. The molecule has 3 heterocycles. The van der Waals surface area contributed by atoms with Crippen molar-refractivity contribution in [2.45, 2.75) is 103 Å². The number of methoxy groups -OCH3 is 1. The number of carbonyl (C=O) groups excluding carboxylic acids is 3. The van der Waals surface area contributed by atoms with Crippen molar-refractivity contribution in [1.29, 1.82) is 0 Å². The highest BCUT2D eigenvalue weighted by atomic mass is 19.3. The van der Waals surface area contributed by atoms with Crippen molar-refractivity contribution in [3.8, 4) is 11.6 Å². The first-order valence-electron chi connectivity index (χ1n) is 15.8. The Balaban J connectivity index is 1.58. The van der Waals surface area contributed by atoms with E-state index < -0.39 is 65.6 Å². The number of ether oxygens (including phenoxy) is 4. The van der Waals surface area contributed by atoms with Gasteiger partial charge in [-0.05, 0) is 49.7 Å². The highest BCUT2D eigenvalue weighted by molar-refractivity contribution is 5.87. The fraction of sp³-hybridized carbons (Fsp3) is 0.667. The summed E-state index contributed by atoms with van der Waals surface area (Å²) in [6.07, 6.45) is 0.669. The monoisotopic (exact) mass is 631 g/mol. The Hall–Kier alpha value is -3.41. The molecule has 5 rings (SSSR count). The second-order valence-electron chi connectivity index (χ2n) is 13.4. The van der Waals surface area contributed by atoms with Gasteiger partial charge in [-0.2, -0.15) is 8.78 Å². The molecule has 2 aromatic rings. The van der Waals surface area contributed by atoms with E-state index in [1.165, 1.54) is 12.0 Å². The van der Waals surface area contributed by atoms with Gasteiger partial charge in [-0.3, -0.25) is 9.59 Å². The van der Waals surface area contributed by atoms with E-state index >= 15 is 8.78 Å². The minimum atomic E-state index is -3.43. The van der Waals surface area contributed by atoms with Crippen LogP contribution in [0.4, 0.5) is 8.78 Å². The van der Waals surface area contributed by atoms with Crippen LogP contribution in [0.2, 0.25) is 0 Å². The molecule has 2 aliphatic heterocycles. The standard InChI is InChI=1S/C33H43F2N3O7/c1-6-20-24(18-39)38-17-27(20)45-30-29(36-22-12-11-19(42-5)15-23(22)37-30)33(34,35)13-8-14-43-25-9-7-10-26(25)44-28(40)16-21(31(38)41)32(2,3)4/h11-12,15,18,20-21,24-27H,6-10,13-14,16-17H2,1-5H3/t20-,21+,24+,25+,26+,27-/m0/s1. The smallest absolute Gasteiger partial charge is 0.306 e. The zero-order valence-corrected chi connectivity index (χ0v) is 26.6. The van der Waals surface area contributed by atoms with E-state index in [-0.39, 0.29) is 43.3 Å². The zero-order chi connectivity index (χ0) is 32.5. The lowest BCUT2D eigenvalue weighted by atomic mass is 9.77. The van der Waals surface area contributed by atoms with E-state index in [4.69, 9.17) is 18.9 Å². The van der Waals surface area contributed by atoms with Gasteiger partial charge in [0.2, 0.25) is 11.8 Å². The van der Waals surface area contributed by atoms with E-state index in [9.17, 15) is 14.4 Å². The number of aldehydes is 1. The molecule has 1 aliphatic carbocycles. The summed E-state index contributed by atoms with van der Waals surface area (Å²) in [5.74, 6) is -5.51. The normalized spacial score (nSPS) is 29.6.